The summed E-state index contributed by atoms with van der Waals surface area (Å²) in [4.78, 5) is 6.70. The Morgan fingerprint density at radius 2 is 2.00 bits per heavy atom. The molecule has 0 atom stereocenters. The molecule has 1 heterocycles. The molecule has 0 spiro atoms. The minimum Gasteiger partial charge on any atom is -0.508 e. The molecule has 0 aliphatic rings. The van der Waals surface area contributed by atoms with Gasteiger partial charge in [0, 0.05) is 11.8 Å². The van der Waals surface area contributed by atoms with Crippen molar-refractivity contribution in [1.29, 1.82) is 0 Å². The van der Waals surface area contributed by atoms with Crippen LogP contribution in [-0.2, 0) is 0 Å². The molecule has 12 heavy (non-hydrogen) atoms. The molecule has 2 rings (SSSR count). The molecule has 59 valence electrons. The predicted octanol–water partition coefficient (Wildman–Crippen LogP) is 1.58. The van der Waals surface area contributed by atoms with Crippen molar-refractivity contribution in [2.75, 3.05) is 0 Å². The third kappa shape index (κ3) is 1.16. The summed E-state index contributed by atoms with van der Waals surface area (Å²) >= 11 is 0. The van der Waals surface area contributed by atoms with Crippen LogP contribution in [0.1, 0.15) is 0 Å². The Balaban J connectivity index is 2.43. The van der Waals surface area contributed by atoms with Crippen LogP contribution in [0.15, 0.2) is 30.5 Å². The minimum absolute atomic E-state index is 0.262. The monoisotopic (exact) mass is 159 g/mol. The second-order valence-corrected chi connectivity index (χ2v) is 2.44. The summed E-state index contributed by atoms with van der Waals surface area (Å²) in [6.45, 7) is 0. The number of imidazole rings is 1. The summed E-state index contributed by atoms with van der Waals surface area (Å²) in [7, 11) is 0. The molecule has 3 heteroatoms. The maximum absolute atomic E-state index is 9.02. The number of aromatic nitrogens is 2. The summed E-state index contributed by atoms with van der Waals surface area (Å²) in [5, 5.41) is 9.02. The van der Waals surface area contributed by atoms with Gasteiger partial charge in [-0.15, -0.1) is 0 Å². The van der Waals surface area contributed by atoms with Crippen molar-refractivity contribution in [2.24, 2.45) is 0 Å². The van der Waals surface area contributed by atoms with Gasteiger partial charge in [0.1, 0.15) is 5.75 Å². The first-order valence-corrected chi connectivity index (χ1v) is 3.57. The van der Waals surface area contributed by atoms with E-state index in [-0.39, 0.29) is 5.75 Å². The molecule has 0 aliphatic heterocycles. The lowest BCUT2D eigenvalue weighted by Crippen LogP contribution is -1.74. The van der Waals surface area contributed by atoms with Gasteiger partial charge in [0.2, 0.25) is 0 Å². The van der Waals surface area contributed by atoms with Crippen LogP contribution in [0.5, 0.6) is 5.75 Å². The maximum atomic E-state index is 9.02. The van der Waals surface area contributed by atoms with Gasteiger partial charge in [-0.3, -0.25) is 0 Å². The van der Waals surface area contributed by atoms with Crippen molar-refractivity contribution in [1.82, 2.24) is 9.97 Å². The Hall–Kier alpha value is -1.77. The first-order chi connectivity index (χ1) is 5.86. The van der Waals surface area contributed by atoms with E-state index < -0.39 is 0 Å². The molecular weight excluding hydrogens is 152 g/mol. The van der Waals surface area contributed by atoms with Crippen molar-refractivity contribution in [3.8, 4) is 17.0 Å². The highest BCUT2D eigenvalue weighted by Crippen LogP contribution is 2.18. The maximum Gasteiger partial charge on any atom is 0.174 e. The molecule has 0 amide bonds. The predicted molar refractivity (Wildman–Crippen MR) is 44.5 cm³/mol. The van der Waals surface area contributed by atoms with Gasteiger partial charge in [-0.2, -0.15) is 0 Å². The number of rotatable bonds is 1. The molecule has 1 aromatic heterocycles. The number of hydrogen-bond donors (Lipinski definition) is 2. The highest BCUT2D eigenvalue weighted by Gasteiger charge is 1.97. The summed E-state index contributed by atoms with van der Waals surface area (Å²) in [5.41, 5.74) is 1.79. The number of phenolic OH excluding ortho intramolecular Hbond substituents is 1. The van der Waals surface area contributed by atoms with Gasteiger partial charge in [-0.05, 0) is 24.3 Å². The van der Waals surface area contributed by atoms with E-state index in [4.69, 9.17) is 5.11 Å². The SMILES string of the molecule is Oc1ccc(-c2c[nH][c]n2)cc1. The van der Waals surface area contributed by atoms with Crippen LogP contribution in [0.25, 0.3) is 11.3 Å². The van der Waals surface area contributed by atoms with E-state index in [1.807, 2.05) is 0 Å². The van der Waals surface area contributed by atoms with Crippen LogP contribution in [-0.4, -0.2) is 15.1 Å². The molecule has 0 unspecified atom stereocenters. The third-order valence-corrected chi connectivity index (χ3v) is 1.61. The van der Waals surface area contributed by atoms with E-state index in [1.165, 1.54) is 0 Å². The van der Waals surface area contributed by atoms with Crippen LogP contribution in [0.3, 0.4) is 0 Å². The fourth-order valence-corrected chi connectivity index (χ4v) is 1.01. The first-order valence-electron chi connectivity index (χ1n) is 3.57. The lowest BCUT2D eigenvalue weighted by atomic mass is 10.2. The van der Waals surface area contributed by atoms with E-state index in [0.717, 1.165) is 11.3 Å². The normalized spacial score (nSPS) is 10.0. The van der Waals surface area contributed by atoms with Gasteiger partial charge >= 0.3 is 0 Å². The lowest BCUT2D eigenvalue weighted by Gasteiger charge is -1.95. The fraction of sp³-hybridized carbons (Fsp3) is 0. The van der Waals surface area contributed by atoms with Crippen LogP contribution in [0.2, 0.25) is 0 Å². The van der Waals surface area contributed by atoms with Gasteiger partial charge in [0.05, 0.1) is 5.69 Å². The van der Waals surface area contributed by atoms with Crippen LogP contribution < -0.4 is 0 Å². The smallest absolute Gasteiger partial charge is 0.174 e. The molecule has 0 aliphatic carbocycles. The summed E-state index contributed by atoms with van der Waals surface area (Å²) in [6, 6.07) is 6.87. The van der Waals surface area contributed by atoms with Gasteiger partial charge in [0.15, 0.2) is 6.33 Å². The Kier molecular flexibility index (Phi) is 1.55. The van der Waals surface area contributed by atoms with Gasteiger partial charge < -0.3 is 10.1 Å². The standard InChI is InChI=1S/C9H7N2O/c12-8-3-1-7(2-4-8)9-5-10-6-11-9/h1-5,12H,(H,10,11). The summed E-state index contributed by atoms with van der Waals surface area (Å²) in [5.74, 6) is 0.262. The van der Waals surface area contributed by atoms with E-state index >= 15 is 0 Å². The van der Waals surface area contributed by atoms with E-state index in [1.54, 1.807) is 30.5 Å². The number of H-pyrrole nitrogens is 1. The molecule has 1 radical (unpaired) electrons. The zero-order valence-electron chi connectivity index (χ0n) is 6.28. The average Bonchev–Trinajstić information content (AvgIpc) is 2.58. The molecule has 2 aromatic rings. The van der Waals surface area contributed by atoms with E-state index in [2.05, 4.69) is 16.3 Å². The Morgan fingerprint density at radius 3 is 2.58 bits per heavy atom. The third-order valence-electron chi connectivity index (χ3n) is 1.61. The molecule has 1 aromatic carbocycles. The molecule has 0 bridgehead atoms. The number of phenols is 1. The Morgan fingerprint density at radius 1 is 1.25 bits per heavy atom. The highest BCUT2D eigenvalue weighted by molar-refractivity contribution is 5.58. The van der Waals surface area contributed by atoms with Crippen molar-refractivity contribution in [3.05, 3.63) is 36.8 Å². The zero-order chi connectivity index (χ0) is 8.39. The zero-order valence-corrected chi connectivity index (χ0v) is 6.28. The minimum atomic E-state index is 0.262. The number of aromatic amines is 1. The topological polar surface area (TPSA) is 48.9 Å². The fourth-order valence-electron chi connectivity index (χ4n) is 1.01. The summed E-state index contributed by atoms with van der Waals surface area (Å²) < 4.78 is 0. The second-order valence-electron chi connectivity index (χ2n) is 2.44. The second kappa shape index (κ2) is 2.70. The van der Waals surface area contributed by atoms with Crippen molar-refractivity contribution in [3.63, 3.8) is 0 Å². The van der Waals surface area contributed by atoms with Crippen molar-refractivity contribution in [2.45, 2.75) is 0 Å². The molecule has 2 N–H and O–H groups in total. The number of nitrogens with zero attached hydrogens (tertiary/aromatic N) is 1. The average molecular weight is 159 g/mol. The number of aromatic hydroxyl groups is 1. The molecule has 0 saturated carbocycles. The largest absolute Gasteiger partial charge is 0.508 e. The Bertz CT molecular complexity index is 351. The van der Waals surface area contributed by atoms with Crippen LogP contribution >= 0.6 is 0 Å². The molecule has 3 nitrogen and oxygen atoms in total. The van der Waals surface area contributed by atoms with E-state index in [9.17, 15) is 0 Å². The number of hydrogen-bond acceptors (Lipinski definition) is 2. The van der Waals surface area contributed by atoms with Crippen LogP contribution in [0.4, 0.5) is 0 Å². The first kappa shape index (κ1) is 6.91. The van der Waals surface area contributed by atoms with E-state index in [0.29, 0.717) is 0 Å². The number of benzene rings is 1. The van der Waals surface area contributed by atoms with Crippen molar-refractivity contribution < 1.29 is 5.11 Å². The summed E-state index contributed by atoms with van der Waals surface area (Å²) in [6.07, 6.45) is 4.36. The highest BCUT2D eigenvalue weighted by atomic mass is 16.3. The quantitative estimate of drug-likeness (QED) is 0.663. The van der Waals surface area contributed by atoms with Gasteiger partial charge in [-0.1, -0.05) is 0 Å². The van der Waals surface area contributed by atoms with Crippen molar-refractivity contribution >= 4 is 0 Å². The molecule has 0 fully saturated rings. The van der Waals surface area contributed by atoms with Gasteiger partial charge in [0.25, 0.3) is 0 Å². The van der Waals surface area contributed by atoms with Crippen LogP contribution in [0, 0.1) is 6.33 Å². The number of nitrogens with one attached hydrogen (secondary N) is 1. The van der Waals surface area contributed by atoms with Gasteiger partial charge in [-0.25, -0.2) is 4.98 Å². The molecular formula is C9H7N2O. The lowest BCUT2D eigenvalue weighted by molar-refractivity contribution is 0.475. The Labute approximate surface area is 69.7 Å². The molecule has 0 saturated heterocycles.